The predicted molar refractivity (Wildman–Crippen MR) is 102 cm³/mol. The molecule has 0 amide bonds. The van der Waals surface area contributed by atoms with E-state index in [-0.39, 0.29) is 17.1 Å². The number of hydrogen-bond donors (Lipinski definition) is 0. The molecule has 6 nitrogen and oxygen atoms in total. The molecule has 2 aromatic carbocycles. The van der Waals surface area contributed by atoms with Crippen LogP contribution in [0.2, 0.25) is 0 Å². The lowest BCUT2D eigenvalue weighted by molar-refractivity contribution is -0.385. The van der Waals surface area contributed by atoms with E-state index in [9.17, 15) is 28.5 Å². The van der Waals surface area contributed by atoms with Gasteiger partial charge in [-0.15, -0.1) is 0 Å². The molecule has 0 aliphatic rings. The number of aromatic nitrogens is 1. The third kappa shape index (κ3) is 4.99. The van der Waals surface area contributed by atoms with Crippen LogP contribution in [0.15, 0.2) is 66.9 Å². The van der Waals surface area contributed by atoms with Crippen molar-refractivity contribution in [2.75, 3.05) is 0 Å². The lowest BCUT2D eigenvalue weighted by atomic mass is 10.0. The minimum absolute atomic E-state index is 0.161. The van der Waals surface area contributed by atoms with Gasteiger partial charge in [0.1, 0.15) is 11.9 Å². The van der Waals surface area contributed by atoms with E-state index in [0.717, 1.165) is 18.3 Å². The number of nitriles is 1. The normalized spacial score (nSPS) is 11.6. The summed E-state index contributed by atoms with van der Waals surface area (Å²) in [7, 11) is 0. The maximum Gasteiger partial charge on any atom is 0.416 e. The van der Waals surface area contributed by atoms with Crippen molar-refractivity contribution >= 4 is 17.3 Å². The number of benzene rings is 2. The predicted octanol–water partition coefficient (Wildman–Crippen LogP) is 5.87. The molecular formula is C21H12F3N3O3. The van der Waals surface area contributed by atoms with Crippen LogP contribution in [0.25, 0.3) is 11.6 Å². The van der Waals surface area contributed by atoms with Crippen molar-refractivity contribution in [1.29, 1.82) is 5.26 Å². The van der Waals surface area contributed by atoms with Gasteiger partial charge in [-0.05, 0) is 53.6 Å². The van der Waals surface area contributed by atoms with Crippen molar-refractivity contribution in [1.82, 2.24) is 4.98 Å². The van der Waals surface area contributed by atoms with Crippen LogP contribution in [0.1, 0.15) is 16.7 Å². The first-order chi connectivity index (χ1) is 14.3. The zero-order valence-electron chi connectivity index (χ0n) is 15.1. The minimum atomic E-state index is -4.42. The van der Waals surface area contributed by atoms with Crippen LogP contribution in [-0.4, -0.2) is 9.91 Å². The van der Waals surface area contributed by atoms with Crippen LogP contribution < -0.4 is 4.74 Å². The highest BCUT2D eigenvalue weighted by Crippen LogP contribution is 2.30. The molecule has 0 aliphatic carbocycles. The Morgan fingerprint density at radius 3 is 2.23 bits per heavy atom. The highest BCUT2D eigenvalue weighted by atomic mass is 19.4. The van der Waals surface area contributed by atoms with Crippen LogP contribution in [0.5, 0.6) is 11.6 Å². The highest BCUT2D eigenvalue weighted by molar-refractivity contribution is 5.89. The topological polar surface area (TPSA) is 89.0 Å². The van der Waals surface area contributed by atoms with Gasteiger partial charge in [0.25, 0.3) is 5.69 Å². The molecule has 30 heavy (non-hydrogen) atoms. The van der Waals surface area contributed by atoms with Crippen molar-refractivity contribution in [2.45, 2.75) is 6.18 Å². The van der Waals surface area contributed by atoms with E-state index in [2.05, 4.69) is 4.98 Å². The van der Waals surface area contributed by atoms with E-state index in [0.29, 0.717) is 16.9 Å². The number of rotatable bonds is 5. The van der Waals surface area contributed by atoms with Gasteiger partial charge in [0.2, 0.25) is 5.88 Å². The standard InChI is InChI=1S/C21H12F3N3O3/c22-21(23,24)17-5-1-14(2-6-17)11-16(12-25)15-3-8-19(9-4-15)30-20-10-7-18(13-26-20)27(28)29/h1-11,13H/b16-11+. The van der Waals surface area contributed by atoms with Gasteiger partial charge >= 0.3 is 6.18 Å². The summed E-state index contributed by atoms with van der Waals surface area (Å²) in [6, 6.07) is 15.5. The molecule has 3 aromatic rings. The monoisotopic (exact) mass is 411 g/mol. The van der Waals surface area contributed by atoms with Gasteiger partial charge in [0, 0.05) is 12.1 Å². The van der Waals surface area contributed by atoms with Gasteiger partial charge in [-0.2, -0.15) is 18.4 Å². The number of allylic oxidation sites excluding steroid dienone is 1. The third-order valence-corrected chi connectivity index (χ3v) is 3.99. The number of nitrogens with zero attached hydrogens (tertiary/aromatic N) is 3. The van der Waals surface area contributed by atoms with E-state index < -0.39 is 16.7 Å². The highest BCUT2D eigenvalue weighted by Gasteiger charge is 2.29. The average molecular weight is 411 g/mol. The Kier molecular flexibility index (Phi) is 5.78. The van der Waals surface area contributed by atoms with Gasteiger partial charge in [-0.3, -0.25) is 10.1 Å². The van der Waals surface area contributed by atoms with Crippen LogP contribution in [0.3, 0.4) is 0 Å². The fourth-order valence-corrected chi connectivity index (χ4v) is 2.48. The van der Waals surface area contributed by atoms with Crippen molar-refractivity contribution in [3.8, 4) is 17.7 Å². The SMILES string of the molecule is N#C/C(=C\c1ccc(C(F)(F)F)cc1)c1ccc(Oc2ccc([N+](=O)[O-])cn2)cc1. The lowest BCUT2D eigenvalue weighted by Gasteiger charge is -2.07. The van der Waals surface area contributed by atoms with Crippen LogP contribution in [-0.2, 0) is 6.18 Å². The number of halogens is 3. The van der Waals surface area contributed by atoms with E-state index in [1.807, 2.05) is 6.07 Å². The van der Waals surface area contributed by atoms with Gasteiger partial charge in [-0.1, -0.05) is 12.1 Å². The molecule has 0 spiro atoms. The molecule has 0 unspecified atom stereocenters. The first kappa shape index (κ1) is 20.5. The molecule has 3 rings (SSSR count). The molecule has 0 atom stereocenters. The quantitative estimate of drug-likeness (QED) is 0.227. The molecule has 1 heterocycles. The Bertz CT molecular complexity index is 1120. The fraction of sp³-hybridized carbons (Fsp3) is 0.0476. The molecule has 150 valence electrons. The molecule has 0 bridgehead atoms. The Morgan fingerprint density at radius 1 is 1.07 bits per heavy atom. The first-order valence-electron chi connectivity index (χ1n) is 8.44. The zero-order chi connectivity index (χ0) is 21.7. The van der Waals surface area contributed by atoms with Crippen molar-refractivity contribution in [3.63, 3.8) is 0 Å². The Labute approximate surface area is 168 Å². The van der Waals surface area contributed by atoms with Crippen LogP contribution in [0.4, 0.5) is 18.9 Å². The van der Waals surface area contributed by atoms with Crippen molar-refractivity contribution in [3.05, 3.63) is 93.7 Å². The van der Waals surface area contributed by atoms with Crippen molar-refractivity contribution in [2.24, 2.45) is 0 Å². The molecule has 0 radical (unpaired) electrons. The third-order valence-electron chi connectivity index (χ3n) is 3.99. The molecule has 0 aliphatic heterocycles. The summed E-state index contributed by atoms with van der Waals surface area (Å²) in [5.41, 5.74) is 0.329. The summed E-state index contributed by atoms with van der Waals surface area (Å²) >= 11 is 0. The number of pyridine rings is 1. The summed E-state index contributed by atoms with van der Waals surface area (Å²) in [6.45, 7) is 0. The number of hydrogen-bond acceptors (Lipinski definition) is 5. The number of ether oxygens (including phenoxy) is 1. The molecule has 1 aromatic heterocycles. The van der Waals surface area contributed by atoms with Gasteiger partial charge in [0.15, 0.2) is 0 Å². The number of nitro groups is 1. The van der Waals surface area contributed by atoms with E-state index in [1.165, 1.54) is 30.3 Å². The Balaban J connectivity index is 1.75. The molecule has 9 heteroatoms. The lowest BCUT2D eigenvalue weighted by Crippen LogP contribution is -2.03. The summed E-state index contributed by atoms with van der Waals surface area (Å²) < 4.78 is 43.4. The zero-order valence-corrected chi connectivity index (χ0v) is 15.1. The van der Waals surface area contributed by atoms with Gasteiger partial charge in [-0.25, -0.2) is 4.98 Å². The van der Waals surface area contributed by atoms with E-state index in [1.54, 1.807) is 24.3 Å². The second-order valence-corrected chi connectivity index (χ2v) is 6.03. The van der Waals surface area contributed by atoms with Crippen LogP contribution >= 0.6 is 0 Å². The van der Waals surface area contributed by atoms with Gasteiger partial charge in [0.05, 0.1) is 22.1 Å². The smallest absolute Gasteiger partial charge is 0.416 e. The van der Waals surface area contributed by atoms with Crippen LogP contribution in [0, 0.1) is 21.4 Å². The summed E-state index contributed by atoms with van der Waals surface area (Å²) in [6.07, 6.45) is -1.87. The number of alkyl halides is 3. The summed E-state index contributed by atoms with van der Waals surface area (Å²) in [5, 5.41) is 20.0. The second kappa shape index (κ2) is 8.45. The molecule has 0 N–H and O–H groups in total. The molecule has 0 saturated carbocycles. The fourth-order valence-electron chi connectivity index (χ4n) is 2.48. The largest absolute Gasteiger partial charge is 0.439 e. The molecule has 0 fully saturated rings. The minimum Gasteiger partial charge on any atom is -0.439 e. The maximum atomic E-state index is 12.6. The Morgan fingerprint density at radius 2 is 1.73 bits per heavy atom. The second-order valence-electron chi connectivity index (χ2n) is 6.03. The van der Waals surface area contributed by atoms with Crippen molar-refractivity contribution < 1.29 is 22.8 Å². The summed E-state index contributed by atoms with van der Waals surface area (Å²) in [5.74, 6) is 0.557. The Hall–Kier alpha value is -4.19. The molecule has 0 saturated heterocycles. The van der Waals surface area contributed by atoms with Gasteiger partial charge < -0.3 is 4.74 Å². The maximum absolute atomic E-state index is 12.6. The average Bonchev–Trinajstić information content (AvgIpc) is 2.73. The first-order valence-corrected chi connectivity index (χ1v) is 8.44. The summed E-state index contributed by atoms with van der Waals surface area (Å²) in [4.78, 5) is 13.9. The van der Waals surface area contributed by atoms with E-state index >= 15 is 0 Å². The van der Waals surface area contributed by atoms with E-state index in [4.69, 9.17) is 4.74 Å². The molecular weight excluding hydrogens is 399 g/mol.